The molecule has 0 N–H and O–H groups in total. The summed E-state index contributed by atoms with van der Waals surface area (Å²) in [7, 11) is 1.50. The van der Waals surface area contributed by atoms with Crippen molar-refractivity contribution in [3.63, 3.8) is 0 Å². The van der Waals surface area contributed by atoms with Gasteiger partial charge in [-0.2, -0.15) is 0 Å². The van der Waals surface area contributed by atoms with Gasteiger partial charge in [-0.3, -0.25) is 4.79 Å². The number of ether oxygens (including phenoxy) is 2. The van der Waals surface area contributed by atoms with Crippen molar-refractivity contribution in [2.24, 2.45) is 0 Å². The van der Waals surface area contributed by atoms with E-state index in [1.54, 1.807) is 18.2 Å². The molecule has 0 bridgehead atoms. The Morgan fingerprint density at radius 1 is 1.47 bits per heavy atom. The molecule has 0 atom stereocenters. The number of Topliss-reactive ketones (excluding diaryl/α,β-unsaturated/α-hetero) is 1. The van der Waals surface area contributed by atoms with E-state index in [1.807, 2.05) is 6.92 Å². The van der Waals surface area contributed by atoms with Gasteiger partial charge in [0.1, 0.15) is 0 Å². The SMILES string of the molecule is CCOc1cccc(C(=O)CCl)c1OC. The second kappa shape index (κ2) is 5.61. The average molecular weight is 229 g/mol. The van der Waals surface area contributed by atoms with Gasteiger partial charge in [-0.05, 0) is 19.1 Å². The lowest BCUT2D eigenvalue weighted by atomic mass is 10.1. The monoisotopic (exact) mass is 228 g/mol. The number of ketones is 1. The van der Waals surface area contributed by atoms with E-state index in [0.29, 0.717) is 23.7 Å². The Balaban J connectivity index is 3.15. The molecule has 0 aliphatic carbocycles. The minimum absolute atomic E-state index is 0.0636. The highest BCUT2D eigenvalue weighted by atomic mass is 35.5. The van der Waals surface area contributed by atoms with Crippen molar-refractivity contribution in [3.05, 3.63) is 23.8 Å². The fourth-order valence-electron chi connectivity index (χ4n) is 1.29. The first-order valence-corrected chi connectivity index (χ1v) is 5.17. The summed E-state index contributed by atoms with van der Waals surface area (Å²) in [5.74, 6) is 0.780. The highest BCUT2D eigenvalue weighted by molar-refractivity contribution is 6.30. The molecule has 1 aromatic rings. The predicted octanol–water partition coefficient (Wildman–Crippen LogP) is 2.52. The number of para-hydroxylation sites is 1. The molecule has 82 valence electrons. The molecule has 0 aromatic heterocycles. The fraction of sp³-hybridized carbons (Fsp3) is 0.364. The summed E-state index contributed by atoms with van der Waals surface area (Å²) in [5.41, 5.74) is 0.457. The number of halogens is 1. The Morgan fingerprint density at radius 3 is 2.73 bits per heavy atom. The van der Waals surface area contributed by atoms with Gasteiger partial charge in [0.2, 0.25) is 0 Å². The number of rotatable bonds is 5. The molecule has 0 fully saturated rings. The van der Waals surface area contributed by atoms with Crippen molar-refractivity contribution in [2.45, 2.75) is 6.92 Å². The lowest BCUT2D eigenvalue weighted by molar-refractivity contribution is 0.101. The highest BCUT2D eigenvalue weighted by Gasteiger charge is 2.15. The Morgan fingerprint density at radius 2 is 2.20 bits per heavy atom. The van der Waals surface area contributed by atoms with E-state index >= 15 is 0 Å². The third-order valence-electron chi connectivity index (χ3n) is 1.90. The van der Waals surface area contributed by atoms with Crippen LogP contribution in [0.25, 0.3) is 0 Å². The number of carbonyl (C=O) groups excluding carboxylic acids is 1. The molecule has 1 rings (SSSR count). The molecule has 4 heteroatoms. The minimum Gasteiger partial charge on any atom is -0.492 e. The first-order valence-electron chi connectivity index (χ1n) is 4.63. The first-order chi connectivity index (χ1) is 7.24. The summed E-state index contributed by atoms with van der Waals surface area (Å²) in [6, 6.07) is 5.17. The molecule has 0 amide bonds. The van der Waals surface area contributed by atoms with E-state index in [1.165, 1.54) is 7.11 Å². The normalized spacial score (nSPS) is 9.80. The summed E-state index contributed by atoms with van der Waals surface area (Å²) in [6.45, 7) is 2.39. The quantitative estimate of drug-likeness (QED) is 0.574. The van der Waals surface area contributed by atoms with Gasteiger partial charge in [0.05, 0.1) is 25.2 Å². The highest BCUT2D eigenvalue weighted by Crippen LogP contribution is 2.31. The maximum atomic E-state index is 11.5. The van der Waals surface area contributed by atoms with Gasteiger partial charge < -0.3 is 9.47 Å². The topological polar surface area (TPSA) is 35.5 Å². The van der Waals surface area contributed by atoms with Gasteiger partial charge >= 0.3 is 0 Å². The molecule has 3 nitrogen and oxygen atoms in total. The molecule has 0 saturated carbocycles. The van der Waals surface area contributed by atoms with Gasteiger partial charge in [0.25, 0.3) is 0 Å². The lowest BCUT2D eigenvalue weighted by Crippen LogP contribution is -2.05. The Labute approximate surface area is 93.9 Å². The van der Waals surface area contributed by atoms with Gasteiger partial charge in [0, 0.05) is 0 Å². The summed E-state index contributed by atoms with van der Waals surface area (Å²) < 4.78 is 10.5. The predicted molar refractivity (Wildman–Crippen MR) is 59.2 cm³/mol. The molecule has 0 aliphatic rings. The Hall–Kier alpha value is -1.22. The van der Waals surface area contributed by atoms with Crippen LogP contribution in [0, 0.1) is 0 Å². The number of hydrogen-bond acceptors (Lipinski definition) is 3. The molecule has 15 heavy (non-hydrogen) atoms. The van der Waals surface area contributed by atoms with Crippen molar-refractivity contribution in [1.82, 2.24) is 0 Å². The van der Waals surface area contributed by atoms with Crippen LogP contribution in [0.1, 0.15) is 17.3 Å². The van der Waals surface area contributed by atoms with Gasteiger partial charge in [-0.15, -0.1) is 11.6 Å². The van der Waals surface area contributed by atoms with Crippen LogP contribution in [-0.2, 0) is 0 Å². The van der Waals surface area contributed by atoms with E-state index in [-0.39, 0.29) is 11.7 Å². The zero-order valence-electron chi connectivity index (χ0n) is 8.75. The van der Waals surface area contributed by atoms with E-state index < -0.39 is 0 Å². The zero-order chi connectivity index (χ0) is 11.3. The maximum Gasteiger partial charge on any atom is 0.181 e. The standard InChI is InChI=1S/C11H13ClO3/c1-3-15-10-6-4-5-8(9(13)7-12)11(10)14-2/h4-6H,3,7H2,1-2H3. The second-order valence-corrected chi connectivity index (χ2v) is 3.09. The Bertz CT molecular complexity index is 350. The van der Waals surface area contributed by atoms with Crippen LogP contribution in [-0.4, -0.2) is 25.4 Å². The van der Waals surface area contributed by atoms with Crippen LogP contribution in [0.3, 0.4) is 0 Å². The van der Waals surface area contributed by atoms with Crippen LogP contribution in [0.4, 0.5) is 0 Å². The van der Waals surface area contributed by atoms with Crippen LogP contribution in [0.5, 0.6) is 11.5 Å². The van der Waals surface area contributed by atoms with Crippen molar-refractivity contribution >= 4 is 17.4 Å². The number of hydrogen-bond donors (Lipinski definition) is 0. The maximum absolute atomic E-state index is 11.5. The van der Waals surface area contributed by atoms with E-state index in [2.05, 4.69) is 0 Å². The van der Waals surface area contributed by atoms with E-state index in [0.717, 1.165) is 0 Å². The molecule has 0 radical (unpaired) electrons. The average Bonchev–Trinajstić information content (AvgIpc) is 2.28. The fourth-order valence-corrected chi connectivity index (χ4v) is 1.43. The molecule has 0 heterocycles. The smallest absolute Gasteiger partial charge is 0.181 e. The largest absolute Gasteiger partial charge is 0.492 e. The van der Waals surface area contributed by atoms with Crippen LogP contribution >= 0.6 is 11.6 Å². The molecular weight excluding hydrogens is 216 g/mol. The van der Waals surface area contributed by atoms with E-state index in [9.17, 15) is 4.79 Å². The van der Waals surface area contributed by atoms with Gasteiger partial charge in [0.15, 0.2) is 17.3 Å². The number of alkyl halides is 1. The Kier molecular flexibility index (Phi) is 4.43. The van der Waals surface area contributed by atoms with Gasteiger partial charge in [-0.25, -0.2) is 0 Å². The second-order valence-electron chi connectivity index (χ2n) is 2.83. The molecule has 0 unspecified atom stereocenters. The number of carbonyl (C=O) groups is 1. The minimum atomic E-state index is -0.171. The molecular formula is C11H13ClO3. The van der Waals surface area contributed by atoms with Gasteiger partial charge in [-0.1, -0.05) is 6.07 Å². The van der Waals surface area contributed by atoms with E-state index in [4.69, 9.17) is 21.1 Å². The zero-order valence-corrected chi connectivity index (χ0v) is 9.50. The molecule has 1 aromatic carbocycles. The summed E-state index contributed by atoms with van der Waals surface area (Å²) in [5, 5.41) is 0. The summed E-state index contributed by atoms with van der Waals surface area (Å²) in [4.78, 5) is 11.5. The number of methoxy groups -OCH3 is 1. The summed E-state index contributed by atoms with van der Waals surface area (Å²) in [6.07, 6.45) is 0. The summed E-state index contributed by atoms with van der Waals surface area (Å²) >= 11 is 5.50. The van der Waals surface area contributed by atoms with Crippen LogP contribution in [0.2, 0.25) is 0 Å². The first kappa shape index (κ1) is 11.9. The van der Waals surface area contributed by atoms with Crippen molar-refractivity contribution in [3.8, 4) is 11.5 Å². The number of benzene rings is 1. The van der Waals surface area contributed by atoms with Crippen LogP contribution < -0.4 is 9.47 Å². The van der Waals surface area contributed by atoms with Crippen molar-refractivity contribution in [1.29, 1.82) is 0 Å². The van der Waals surface area contributed by atoms with Crippen molar-refractivity contribution < 1.29 is 14.3 Å². The third kappa shape index (κ3) is 2.63. The molecule has 0 aliphatic heterocycles. The lowest BCUT2D eigenvalue weighted by Gasteiger charge is -2.11. The van der Waals surface area contributed by atoms with Crippen molar-refractivity contribution in [2.75, 3.05) is 19.6 Å². The molecule has 0 saturated heterocycles. The molecule has 0 spiro atoms. The van der Waals surface area contributed by atoms with Crippen LogP contribution in [0.15, 0.2) is 18.2 Å². The third-order valence-corrected chi connectivity index (χ3v) is 2.15.